The van der Waals surface area contributed by atoms with Gasteiger partial charge in [-0.05, 0) is 37.3 Å². The van der Waals surface area contributed by atoms with Crippen LogP contribution in [-0.4, -0.2) is 10.0 Å². The second kappa shape index (κ2) is 4.59. The van der Waals surface area contributed by atoms with Crippen molar-refractivity contribution in [1.82, 2.24) is 0 Å². The third-order valence-corrected chi connectivity index (χ3v) is 3.34. The molecule has 1 N–H and O–H groups in total. The number of phenolic OH excluding ortho intramolecular Hbond substituents is 1. The van der Waals surface area contributed by atoms with Crippen LogP contribution >= 0.6 is 0 Å². The lowest BCUT2D eigenvalue weighted by molar-refractivity contribution is -0.385. The highest BCUT2D eigenvalue weighted by atomic mass is 19.1. The zero-order chi connectivity index (χ0) is 15.1. The molecule has 6 heteroatoms. The molecule has 106 valence electrons. The molecule has 1 aromatic heterocycles. The monoisotopic (exact) mass is 287 g/mol. The molecule has 21 heavy (non-hydrogen) atoms. The average Bonchev–Trinajstić information content (AvgIpc) is 2.76. The number of aromatic hydroxyl groups is 1. The van der Waals surface area contributed by atoms with Gasteiger partial charge in [-0.15, -0.1) is 0 Å². The van der Waals surface area contributed by atoms with E-state index in [2.05, 4.69) is 0 Å². The van der Waals surface area contributed by atoms with Crippen LogP contribution in [-0.2, 0) is 0 Å². The second-order valence-corrected chi connectivity index (χ2v) is 4.66. The number of hydrogen-bond acceptors (Lipinski definition) is 4. The smallest absolute Gasteiger partial charge is 0.314 e. The third kappa shape index (κ3) is 2.10. The van der Waals surface area contributed by atoms with Gasteiger partial charge in [0.1, 0.15) is 17.2 Å². The average molecular weight is 287 g/mol. The van der Waals surface area contributed by atoms with E-state index in [1.807, 2.05) is 0 Å². The number of nitrogens with zero attached hydrogens (tertiary/aromatic N) is 1. The van der Waals surface area contributed by atoms with E-state index in [-0.39, 0.29) is 5.82 Å². The number of halogens is 1. The molecular weight excluding hydrogens is 277 g/mol. The number of rotatable bonds is 2. The first-order valence-electron chi connectivity index (χ1n) is 6.14. The summed E-state index contributed by atoms with van der Waals surface area (Å²) in [6.45, 7) is 1.77. The third-order valence-electron chi connectivity index (χ3n) is 3.34. The molecule has 0 aliphatic heterocycles. The second-order valence-electron chi connectivity index (χ2n) is 4.66. The van der Waals surface area contributed by atoms with E-state index in [4.69, 9.17) is 4.42 Å². The van der Waals surface area contributed by atoms with Crippen molar-refractivity contribution < 1.29 is 18.8 Å². The van der Waals surface area contributed by atoms with Gasteiger partial charge in [0.15, 0.2) is 5.75 Å². The fraction of sp³-hybridized carbons (Fsp3) is 0.0667. The van der Waals surface area contributed by atoms with Gasteiger partial charge in [0, 0.05) is 16.5 Å². The Morgan fingerprint density at radius 2 is 1.90 bits per heavy atom. The van der Waals surface area contributed by atoms with E-state index in [9.17, 15) is 19.6 Å². The maximum absolute atomic E-state index is 13.0. The largest absolute Gasteiger partial charge is 0.502 e. The maximum atomic E-state index is 13.0. The first-order valence-corrected chi connectivity index (χ1v) is 6.14. The topological polar surface area (TPSA) is 76.5 Å². The Balaban J connectivity index is 2.24. The number of hydrogen-bond donors (Lipinski definition) is 1. The minimum absolute atomic E-state index is 0.302. The molecule has 0 fully saturated rings. The molecule has 0 atom stereocenters. The van der Waals surface area contributed by atoms with Crippen molar-refractivity contribution in [3.63, 3.8) is 0 Å². The van der Waals surface area contributed by atoms with Gasteiger partial charge in [0.25, 0.3) is 0 Å². The minimum Gasteiger partial charge on any atom is -0.502 e. The van der Waals surface area contributed by atoms with Crippen LogP contribution in [0, 0.1) is 22.9 Å². The summed E-state index contributed by atoms with van der Waals surface area (Å²) in [6, 6.07) is 8.23. The standard InChI is InChI=1S/C15H10FNO4/c1-8-11-6-13(18)12(17(19)20)7-14(11)21-15(8)9-2-4-10(16)5-3-9/h2-7,18H,1H3. The van der Waals surface area contributed by atoms with Crippen molar-refractivity contribution >= 4 is 16.7 Å². The van der Waals surface area contributed by atoms with Crippen molar-refractivity contribution in [3.05, 3.63) is 57.9 Å². The number of benzene rings is 2. The van der Waals surface area contributed by atoms with Crippen molar-refractivity contribution in [1.29, 1.82) is 0 Å². The molecule has 1 heterocycles. The predicted molar refractivity (Wildman–Crippen MR) is 74.7 cm³/mol. The van der Waals surface area contributed by atoms with Crippen LogP contribution in [0.5, 0.6) is 5.75 Å². The fourth-order valence-electron chi connectivity index (χ4n) is 2.27. The Labute approximate surface area is 118 Å². The van der Waals surface area contributed by atoms with Crippen LogP contribution in [0.2, 0.25) is 0 Å². The van der Waals surface area contributed by atoms with Crippen molar-refractivity contribution in [2.75, 3.05) is 0 Å². The summed E-state index contributed by atoms with van der Waals surface area (Å²) in [6.07, 6.45) is 0. The van der Waals surface area contributed by atoms with Gasteiger partial charge in [0.05, 0.1) is 11.0 Å². The van der Waals surface area contributed by atoms with Gasteiger partial charge in [-0.25, -0.2) is 4.39 Å². The highest BCUT2D eigenvalue weighted by Gasteiger charge is 2.20. The number of nitro benzene ring substituents is 1. The summed E-state index contributed by atoms with van der Waals surface area (Å²) in [7, 11) is 0. The van der Waals surface area contributed by atoms with Crippen molar-refractivity contribution in [3.8, 4) is 17.1 Å². The van der Waals surface area contributed by atoms with Gasteiger partial charge in [-0.3, -0.25) is 10.1 Å². The zero-order valence-electron chi connectivity index (χ0n) is 11.0. The molecule has 0 saturated carbocycles. The lowest BCUT2D eigenvalue weighted by Crippen LogP contribution is -1.87. The van der Waals surface area contributed by atoms with E-state index < -0.39 is 16.4 Å². The molecule has 0 bridgehead atoms. The Bertz CT molecular complexity index is 852. The molecular formula is C15H10FNO4. The molecule has 0 aliphatic rings. The summed E-state index contributed by atoms with van der Waals surface area (Å²) in [5.41, 5.74) is 1.27. The zero-order valence-corrected chi connectivity index (χ0v) is 11.0. The van der Waals surface area contributed by atoms with Crippen LogP contribution in [0.15, 0.2) is 40.8 Å². The van der Waals surface area contributed by atoms with E-state index >= 15 is 0 Å². The van der Waals surface area contributed by atoms with Gasteiger partial charge in [-0.2, -0.15) is 0 Å². The summed E-state index contributed by atoms with van der Waals surface area (Å²) >= 11 is 0. The van der Waals surface area contributed by atoms with Crippen LogP contribution in [0.25, 0.3) is 22.3 Å². The summed E-state index contributed by atoms with van der Waals surface area (Å²) in [4.78, 5) is 10.2. The Morgan fingerprint density at radius 3 is 2.52 bits per heavy atom. The fourth-order valence-corrected chi connectivity index (χ4v) is 2.27. The highest BCUT2D eigenvalue weighted by molar-refractivity contribution is 5.90. The number of aryl methyl sites for hydroxylation is 1. The quantitative estimate of drug-likeness (QED) is 0.567. The van der Waals surface area contributed by atoms with Crippen LogP contribution < -0.4 is 0 Å². The Kier molecular flexibility index (Phi) is 2.86. The molecule has 0 amide bonds. The molecule has 0 saturated heterocycles. The van der Waals surface area contributed by atoms with Crippen molar-refractivity contribution in [2.24, 2.45) is 0 Å². The molecule has 3 rings (SSSR count). The van der Waals surface area contributed by atoms with E-state index in [0.717, 1.165) is 5.56 Å². The van der Waals surface area contributed by atoms with Gasteiger partial charge in [-0.1, -0.05) is 0 Å². The normalized spacial score (nSPS) is 11.0. The van der Waals surface area contributed by atoms with E-state index in [1.165, 1.54) is 24.3 Å². The molecule has 0 spiro atoms. The number of phenols is 1. The van der Waals surface area contributed by atoms with Gasteiger partial charge < -0.3 is 9.52 Å². The summed E-state index contributed by atoms with van der Waals surface area (Å²) in [5.74, 6) is -0.284. The Morgan fingerprint density at radius 1 is 1.24 bits per heavy atom. The number of fused-ring (bicyclic) bond motifs is 1. The van der Waals surface area contributed by atoms with Gasteiger partial charge in [0.2, 0.25) is 0 Å². The first kappa shape index (κ1) is 13.1. The van der Waals surface area contributed by atoms with Crippen LogP contribution in [0.4, 0.5) is 10.1 Å². The Hall–Kier alpha value is -2.89. The number of furan rings is 1. The van der Waals surface area contributed by atoms with Crippen LogP contribution in [0.3, 0.4) is 0 Å². The van der Waals surface area contributed by atoms with Gasteiger partial charge >= 0.3 is 5.69 Å². The highest BCUT2D eigenvalue weighted by Crippen LogP contribution is 2.38. The molecule has 3 aromatic rings. The van der Waals surface area contributed by atoms with Crippen LogP contribution in [0.1, 0.15) is 5.56 Å². The molecule has 0 radical (unpaired) electrons. The first-order chi connectivity index (χ1) is 9.97. The van der Waals surface area contributed by atoms with E-state index in [1.54, 1.807) is 19.1 Å². The lowest BCUT2D eigenvalue weighted by atomic mass is 10.1. The summed E-state index contributed by atoms with van der Waals surface area (Å²) in [5, 5.41) is 21.1. The summed E-state index contributed by atoms with van der Waals surface area (Å²) < 4.78 is 18.6. The molecule has 2 aromatic carbocycles. The number of nitro groups is 1. The minimum atomic E-state index is -0.676. The van der Waals surface area contributed by atoms with Crippen molar-refractivity contribution in [2.45, 2.75) is 6.92 Å². The molecule has 0 unspecified atom stereocenters. The predicted octanol–water partition coefficient (Wildman–Crippen LogP) is 4.16. The molecule has 5 nitrogen and oxygen atoms in total. The lowest BCUT2D eigenvalue weighted by Gasteiger charge is -1.98. The maximum Gasteiger partial charge on any atom is 0.314 e. The van der Waals surface area contributed by atoms with E-state index in [0.29, 0.717) is 22.3 Å². The SMILES string of the molecule is Cc1c(-c2ccc(F)cc2)oc2cc([N+](=O)[O-])c(O)cc12. The molecule has 0 aliphatic carbocycles.